The van der Waals surface area contributed by atoms with E-state index < -0.39 is 11.7 Å². The Morgan fingerprint density at radius 1 is 1.38 bits per heavy atom. The van der Waals surface area contributed by atoms with E-state index in [9.17, 15) is 4.79 Å². The molecule has 0 fully saturated rings. The van der Waals surface area contributed by atoms with Gasteiger partial charge in [0.2, 0.25) is 0 Å². The minimum Gasteiger partial charge on any atom is -0.444 e. The van der Waals surface area contributed by atoms with Crippen molar-refractivity contribution < 1.29 is 9.53 Å². The largest absolute Gasteiger partial charge is 0.444 e. The van der Waals surface area contributed by atoms with Crippen LogP contribution in [-0.4, -0.2) is 31.8 Å². The minimum atomic E-state index is -0.432. The van der Waals surface area contributed by atoms with E-state index in [0.29, 0.717) is 13.1 Å². The van der Waals surface area contributed by atoms with Gasteiger partial charge in [-0.3, -0.25) is 0 Å². The fraction of sp³-hybridized carbons (Fsp3) is 0.875. The van der Waals surface area contributed by atoms with Gasteiger partial charge in [0.1, 0.15) is 5.60 Å². The number of hydrogen-bond acceptors (Lipinski definition) is 4. The van der Waals surface area contributed by atoms with Crippen LogP contribution in [0.15, 0.2) is 0 Å². The summed E-state index contributed by atoms with van der Waals surface area (Å²) in [6.07, 6.45) is -0.414. The SMILES string of the molecule is CC(C)(C)OC(=O)NCCN.CN. The van der Waals surface area contributed by atoms with Crippen LogP contribution >= 0.6 is 0 Å². The molecule has 0 aliphatic heterocycles. The maximum absolute atomic E-state index is 10.8. The predicted molar refractivity (Wildman–Crippen MR) is 53.4 cm³/mol. The second-order valence-corrected chi connectivity index (χ2v) is 3.22. The van der Waals surface area contributed by atoms with E-state index in [1.54, 1.807) is 0 Å². The van der Waals surface area contributed by atoms with Crippen molar-refractivity contribution in [3.05, 3.63) is 0 Å². The van der Waals surface area contributed by atoms with E-state index in [-0.39, 0.29) is 0 Å². The van der Waals surface area contributed by atoms with Crippen molar-refractivity contribution in [2.45, 2.75) is 26.4 Å². The topological polar surface area (TPSA) is 90.4 Å². The molecule has 0 heterocycles. The fourth-order valence-corrected chi connectivity index (χ4v) is 0.488. The highest BCUT2D eigenvalue weighted by Gasteiger charge is 2.14. The van der Waals surface area contributed by atoms with Crippen LogP contribution in [0.2, 0.25) is 0 Å². The third-order valence-corrected chi connectivity index (χ3v) is 0.813. The average Bonchev–Trinajstić information content (AvgIpc) is 2.01. The molecule has 0 saturated heterocycles. The lowest BCUT2D eigenvalue weighted by Gasteiger charge is -2.19. The van der Waals surface area contributed by atoms with Gasteiger partial charge in [0.05, 0.1) is 0 Å². The zero-order chi connectivity index (χ0) is 10.9. The summed E-state index contributed by atoms with van der Waals surface area (Å²) in [5.74, 6) is 0. The summed E-state index contributed by atoms with van der Waals surface area (Å²) in [5.41, 5.74) is 9.24. The van der Waals surface area contributed by atoms with Crippen LogP contribution < -0.4 is 16.8 Å². The molecule has 0 atom stereocenters. The van der Waals surface area contributed by atoms with Gasteiger partial charge >= 0.3 is 6.09 Å². The Balaban J connectivity index is 0. The maximum atomic E-state index is 10.8. The Labute approximate surface area is 79.8 Å². The molecule has 80 valence electrons. The van der Waals surface area contributed by atoms with Crippen molar-refractivity contribution >= 4 is 6.09 Å². The number of ether oxygens (including phenoxy) is 1. The van der Waals surface area contributed by atoms with Crippen LogP contribution in [0.3, 0.4) is 0 Å². The lowest BCUT2D eigenvalue weighted by molar-refractivity contribution is 0.0529. The van der Waals surface area contributed by atoms with Crippen LogP contribution in [0.5, 0.6) is 0 Å². The first-order valence-electron chi connectivity index (χ1n) is 4.20. The van der Waals surface area contributed by atoms with Gasteiger partial charge in [0.25, 0.3) is 0 Å². The molecule has 0 radical (unpaired) electrons. The van der Waals surface area contributed by atoms with Crippen molar-refractivity contribution in [1.82, 2.24) is 5.32 Å². The number of nitrogens with two attached hydrogens (primary N) is 2. The molecule has 0 aromatic carbocycles. The second kappa shape index (κ2) is 7.82. The Hall–Kier alpha value is -0.810. The molecule has 0 unspecified atom stereocenters. The normalized spacial score (nSPS) is 9.69. The summed E-state index contributed by atoms with van der Waals surface area (Å²) >= 11 is 0. The van der Waals surface area contributed by atoms with E-state index in [2.05, 4.69) is 11.1 Å². The summed E-state index contributed by atoms with van der Waals surface area (Å²) in [5, 5.41) is 2.50. The number of amides is 1. The molecule has 0 aromatic rings. The van der Waals surface area contributed by atoms with Gasteiger partial charge in [0, 0.05) is 13.1 Å². The first-order chi connectivity index (χ1) is 5.95. The summed E-state index contributed by atoms with van der Waals surface area (Å²) in [6, 6.07) is 0. The molecule has 0 rings (SSSR count). The van der Waals surface area contributed by atoms with Crippen molar-refractivity contribution in [1.29, 1.82) is 0 Å². The van der Waals surface area contributed by atoms with E-state index in [1.165, 1.54) is 7.05 Å². The molecule has 0 saturated carbocycles. The number of carbonyl (C=O) groups is 1. The quantitative estimate of drug-likeness (QED) is 0.575. The van der Waals surface area contributed by atoms with Crippen LogP contribution in [-0.2, 0) is 4.74 Å². The molecule has 5 N–H and O–H groups in total. The lowest BCUT2D eigenvalue weighted by Crippen LogP contribution is -2.35. The highest BCUT2D eigenvalue weighted by molar-refractivity contribution is 5.67. The number of alkyl carbamates (subject to hydrolysis) is 1. The maximum Gasteiger partial charge on any atom is 0.407 e. The highest BCUT2D eigenvalue weighted by Crippen LogP contribution is 2.05. The second-order valence-electron chi connectivity index (χ2n) is 3.22. The Kier molecular flexibility index (Phi) is 8.84. The molecule has 5 heteroatoms. The molecule has 0 bridgehead atoms. The molecule has 0 spiro atoms. The Morgan fingerprint density at radius 3 is 2.15 bits per heavy atom. The van der Waals surface area contributed by atoms with Crippen molar-refractivity contribution in [2.75, 3.05) is 20.1 Å². The van der Waals surface area contributed by atoms with Crippen LogP contribution in [0, 0.1) is 0 Å². The summed E-state index contributed by atoms with van der Waals surface area (Å²) in [4.78, 5) is 10.8. The molecular weight excluding hydrogens is 170 g/mol. The summed E-state index contributed by atoms with van der Waals surface area (Å²) in [7, 11) is 1.50. The van der Waals surface area contributed by atoms with Crippen LogP contribution in [0.25, 0.3) is 0 Å². The Morgan fingerprint density at radius 2 is 1.85 bits per heavy atom. The average molecular weight is 191 g/mol. The zero-order valence-corrected chi connectivity index (χ0v) is 8.89. The standard InChI is InChI=1S/C7H16N2O2.CH5N/c1-7(2,3)11-6(10)9-5-4-8;1-2/h4-5,8H2,1-3H3,(H,9,10);2H2,1H3. The van der Waals surface area contributed by atoms with Gasteiger partial charge in [-0.2, -0.15) is 0 Å². The summed E-state index contributed by atoms with van der Waals surface area (Å²) < 4.78 is 4.93. The van der Waals surface area contributed by atoms with Gasteiger partial charge in [-0.05, 0) is 27.8 Å². The third-order valence-electron chi connectivity index (χ3n) is 0.813. The number of rotatable bonds is 2. The third kappa shape index (κ3) is 14.1. The number of carbonyl (C=O) groups excluding carboxylic acids is 1. The first kappa shape index (κ1) is 14.7. The van der Waals surface area contributed by atoms with E-state index >= 15 is 0 Å². The van der Waals surface area contributed by atoms with Gasteiger partial charge in [-0.1, -0.05) is 0 Å². The van der Waals surface area contributed by atoms with Gasteiger partial charge in [-0.25, -0.2) is 4.79 Å². The predicted octanol–water partition coefficient (Wildman–Crippen LogP) is 0.0447. The number of hydrogen-bond donors (Lipinski definition) is 3. The van der Waals surface area contributed by atoms with Gasteiger partial charge < -0.3 is 21.5 Å². The molecule has 1 amide bonds. The van der Waals surface area contributed by atoms with Crippen LogP contribution in [0.4, 0.5) is 4.79 Å². The molecular formula is C8H21N3O2. The van der Waals surface area contributed by atoms with Gasteiger partial charge in [-0.15, -0.1) is 0 Å². The smallest absolute Gasteiger partial charge is 0.407 e. The fourth-order valence-electron chi connectivity index (χ4n) is 0.488. The minimum absolute atomic E-state index is 0.414. The first-order valence-corrected chi connectivity index (χ1v) is 4.20. The van der Waals surface area contributed by atoms with Crippen molar-refractivity contribution in [2.24, 2.45) is 11.5 Å². The van der Waals surface area contributed by atoms with E-state index in [0.717, 1.165) is 0 Å². The van der Waals surface area contributed by atoms with Crippen molar-refractivity contribution in [3.63, 3.8) is 0 Å². The molecule has 0 aromatic heterocycles. The van der Waals surface area contributed by atoms with Crippen molar-refractivity contribution in [3.8, 4) is 0 Å². The van der Waals surface area contributed by atoms with E-state index in [1.807, 2.05) is 20.8 Å². The van der Waals surface area contributed by atoms with Gasteiger partial charge in [0.15, 0.2) is 0 Å². The molecule has 0 aliphatic rings. The molecule has 0 aliphatic carbocycles. The highest BCUT2D eigenvalue weighted by atomic mass is 16.6. The zero-order valence-electron chi connectivity index (χ0n) is 8.89. The van der Waals surface area contributed by atoms with E-state index in [4.69, 9.17) is 10.5 Å². The van der Waals surface area contributed by atoms with Crippen LogP contribution in [0.1, 0.15) is 20.8 Å². The number of nitrogens with one attached hydrogen (secondary N) is 1. The molecule has 5 nitrogen and oxygen atoms in total. The molecule has 13 heavy (non-hydrogen) atoms. The monoisotopic (exact) mass is 191 g/mol. The summed E-state index contributed by atoms with van der Waals surface area (Å²) in [6.45, 7) is 6.33. The lowest BCUT2D eigenvalue weighted by atomic mass is 10.2. The Bertz CT molecular complexity index is 132.